The van der Waals surface area contributed by atoms with Crippen molar-refractivity contribution >= 4 is 29.7 Å². The highest BCUT2D eigenvalue weighted by Crippen LogP contribution is 2.28. The molecule has 0 radical (unpaired) electrons. The van der Waals surface area contributed by atoms with Crippen molar-refractivity contribution in [3.05, 3.63) is 0 Å². The Kier molecular flexibility index (Phi) is 10.1. The van der Waals surface area contributed by atoms with E-state index in [-0.39, 0.29) is 17.9 Å². The molecular formula is C20H34N2O5S. The number of urea groups is 1. The highest BCUT2D eigenvalue weighted by molar-refractivity contribution is 7.99. The number of hydrogen-bond acceptors (Lipinski definition) is 6. The molecule has 7 nitrogen and oxygen atoms in total. The second-order valence-electron chi connectivity index (χ2n) is 7.61. The van der Waals surface area contributed by atoms with Crippen molar-refractivity contribution in [1.29, 1.82) is 0 Å². The van der Waals surface area contributed by atoms with E-state index in [1.54, 1.807) is 11.8 Å². The van der Waals surface area contributed by atoms with Gasteiger partial charge in [0.2, 0.25) is 0 Å². The van der Waals surface area contributed by atoms with Gasteiger partial charge in [-0.05, 0) is 50.7 Å². The summed E-state index contributed by atoms with van der Waals surface area (Å²) < 4.78 is 4.88. The quantitative estimate of drug-likeness (QED) is 0.290. The molecule has 8 heteroatoms. The monoisotopic (exact) mass is 414 g/mol. The number of imide groups is 1. The van der Waals surface area contributed by atoms with Gasteiger partial charge in [-0.2, -0.15) is 11.8 Å². The van der Waals surface area contributed by atoms with Gasteiger partial charge >= 0.3 is 12.0 Å². The number of nitrogens with one attached hydrogen (secondary N) is 1. The summed E-state index contributed by atoms with van der Waals surface area (Å²) >= 11 is 1.53. The molecule has 2 N–H and O–H groups in total. The molecule has 1 aliphatic heterocycles. The zero-order chi connectivity index (χ0) is 20.4. The van der Waals surface area contributed by atoms with E-state index in [9.17, 15) is 19.5 Å². The molecule has 1 saturated heterocycles. The maximum atomic E-state index is 12.1. The summed E-state index contributed by atoms with van der Waals surface area (Å²) in [5.74, 6) is 1.06. The summed E-state index contributed by atoms with van der Waals surface area (Å²) in [6.45, 7) is 2.60. The Morgan fingerprint density at radius 3 is 2.75 bits per heavy atom. The van der Waals surface area contributed by atoms with Crippen molar-refractivity contribution in [3.63, 3.8) is 0 Å². The first-order valence-corrected chi connectivity index (χ1v) is 11.7. The molecule has 0 bridgehead atoms. The van der Waals surface area contributed by atoms with Crippen LogP contribution in [0.25, 0.3) is 0 Å². The van der Waals surface area contributed by atoms with Crippen molar-refractivity contribution in [2.24, 2.45) is 5.92 Å². The largest absolute Gasteiger partial charge is 0.465 e. The Morgan fingerprint density at radius 1 is 1.29 bits per heavy atom. The maximum absolute atomic E-state index is 12.1. The van der Waals surface area contributed by atoms with Crippen molar-refractivity contribution in [2.75, 3.05) is 24.7 Å². The minimum absolute atomic E-state index is 0.198. The molecule has 160 valence electrons. The zero-order valence-corrected chi connectivity index (χ0v) is 17.7. The van der Waals surface area contributed by atoms with Gasteiger partial charge in [0, 0.05) is 6.54 Å². The number of rotatable bonds is 12. The number of aliphatic hydroxyl groups is 1. The first-order valence-electron chi connectivity index (χ1n) is 10.6. The summed E-state index contributed by atoms with van der Waals surface area (Å²) in [4.78, 5) is 37.1. The average molecular weight is 415 g/mol. The molecule has 2 unspecified atom stereocenters. The van der Waals surface area contributed by atoms with Crippen molar-refractivity contribution in [2.45, 2.75) is 76.9 Å². The molecule has 1 aliphatic carbocycles. The third kappa shape index (κ3) is 7.28. The van der Waals surface area contributed by atoms with Crippen LogP contribution in [0.4, 0.5) is 4.79 Å². The lowest BCUT2D eigenvalue weighted by Gasteiger charge is -2.29. The van der Waals surface area contributed by atoms with Gasteiger partial charge in [0.25, 0.3) is 5.91 Å². The SMILES string of the molecule is CCOC(=O)CSCCCCC1C(=O)NC(=O)N1CCC(O)C1CCCCC1. The number of carbonyl (C=O) groups is 3. The molecule has 28 heavy (non-hydrogen) atoms. The summed E-state index contributed by atoms with van der Waals surface area (Å²) in [6.07, 6.45) is 8.11. The Morgan fingerprint density at radius 2 is 2.04 bits per heavy atom. The number of thioether (sulfide) groups is 1. The Hall–Kier alpha value is -1.28. The number of carbonyl (C=O) groups excluding carboxylic acids is 3. The van der Waals surface area contributed by atoms with Gasteiger partial charge < -0.3 is 14.7 Å². The van der Waals surface area contributed by atoms with Crippen LogP contribution in [0.5, 0.6) is 0 Å². The van der Waals surface area contributed by atoms with Gasteiger partial charge in [0.15, 0.2) is 0 Å². The van der Waals surface area contributed by atoms with Crippen LogP contribution in [0.3, 0.4) is 0 Å². The third-order valence-electron chi connectivity index (χ3n) is 5.57. The molecule has 2 fully saturated rings. The number of esters is 1. The fourth-order valence-corrected chi connectivity index (χ4v) is 4.82. The number of unbranched alkanes of at least 4 members (excludes halogenated alkanes) is 1. The minimum Gasteiger partial charge on any atom is -0.465 e. The fraction of sp³-hybridized carbons (Fsp3) is 0.850. The normalized spacial score (nSPS) is 21.6. The second kappa shape index (κ2) is 12.3. The molecule has 0 spiro atoms. The molecular weight excluding hydrogens is 380 g/mol. The van der Waals surface area contributed by atoms with Crippen molar-refractivity contribution in [3.8, 4) is 0 Å². The van der Waals surface area contributed by atoms with Gasteiger partial charge in [-0.15, -0.1) is 0 Å². The van der Waals surface area contributed by atoms with Crippen LogP contribution < -0.4 is 5.32 Å². The summed E-state index contributed by atoms with van der Waals surface area (Å²) in [5.41, 5.74) is 0. The zero-order valence-electron chi connectivity index (χ0n) is 16.9. The van der Waals surface area contributed by atoms with Gasteiger partial charge in [-0.3, -0.25) is 14.9 Å². The van der Waals surface area contributed by atoms with Crippen LogP contribution in [-0.2, 0) is 14.3 Å². The molecule has 2 atom stereocenters. The fourth-order valence-electron chi connectivity index (χ4n) is 4.01. The molecule has 0 aromatic heterocycles. The van der Waals surface area contributed by atoms with Crippen LogP contribution >= 0.6 is 11.8 Å². The van der Waals surface area contributed by atoms with Crippen molar-refractivity contribution < 1.29 is 24.2 Å². The van der Waals surface area contributed by atoms with Gasteiger partial charge in [-0.25, -0.2) is 4.79 Å². The molecule has 0 aromatic rings. The number of aliphatic hydroxyl groups excluding tert-OH is 1. The lowest BCUT2D eigenvalue weighted by Crippen LogP contribution is -2.38. The predicted molar refractivity (Wildman–Crippen MR) is 109 cm³/mol. The molecule has 0 aromatic carbocycles. The molecule has 1 heterocycles. The van der Waals surface area contributed by atoms with E-state index in [4.69, 9.17) is 4.74 Å². The topological polar surface area (TPSA) is 95.9 Å². The van der Waals surface area contributed by atoms with Gasteiger partial charge in [0.05, 0.1) is 18.5 Å². The van der Waals surface area contributed by atoms with E-state index in [2.05, 4.69) is 5.32 Å². The highest BCUT2D eigenvalue weighted by Gasteiger charge is 2.38. The van der Waals surface area contributed by atoms with Gasteiger partial charge in [-0.1, -0.05) is 25.7 Å². The van der Waals surface area contributed by atoms with E-state index in [1.807, 2.05) is 0 Å². The Bertz CT molecular complexity index is 525. The van der Waals surface area contributed by atoms with E-state index in [0.29, 0.717) is 37.7 Å². The van der Waals surface area contributed by atoms with E-state index >= 15 is 0 Å². The average Bonchev–Trinajstić information content (AvgIpc) is 2.96. The van der Waals surface area contributed by atoms with Crippen LogP contribution in [0.2, 0.25) is 0 Å². The number of hydrogen-bond donors (Lipinski definition) is 2. The molecule has 2 aliphatic rings. The minimum atomic E-state index is -0.443. The third-order valence-corrected chi connectivity index (χ3v) is 6.59. The second-order valence-corrected chi connectivity index (χ2v) is 8.72. The Balaban J connectivity index is 1.68. The predicted octanol–water partition coefficient (Wildman–Crippen LogP) is 2.70. The first kappa shape index (κ1) is 23.0. The highest BCUT2D eigenvalue weighted by atomic mass is 32.2. The number of ether oxygens (including phenoxy) is 1. The summed E-state index contributed by atoms with van der Waals surface area (Å²) in [7, 11) is 0. The summed E-state index contributed by atoms with van der Waals surface area (Å²) in [5, 5.41) is 12.8. The summed E-state index contributed by atoms with van der Waals surface area (Å²) in [6, 6.07) is -0.788. The number of amides is 3. The smallest absolute Gasteiger partial charge is 0.324 e. The number of nitrogens with zero attached hydrogens (tertiary/aromatic N) is 1. The molecule has 2 rings (SSSR count). The Labute approximate surface area is 171 Å². The molecule has 3 amide bonds. The lowest BCUT2D eigenvalue weighted by atomic mass is 9.84. The van der Waals surface area contributed by atoms with Crippen LogP contribution in [0.1, 0.15) is 64.7 Å². The molecule has 1 saturated carbocycles. The van der Waals surface area contributed by atoms with Crippen LogP contribution in [0.15, 0.2) is 0 Å². The maximum Gasteiger partial charge on any atom is 0.324 e. The van der Waals surface area contributed by atoms with Crippen molar-refractivity contribution in [1.82, 2.24) is 10.2 Å². The standard InChI is InChI=1S/C20H34N2O5S/c1-2-27-18(24)14-28-13-7-6-10-16-19(25)21-20(26)22(16)12-11-17(23)15-8-4-3-5-9-15/h15-17,23H,2-14H2,1H3,(H,21,25,26). The van der Waals surface area contributed by atoms with Crippen LogP contribution in [-0.4, -0.2) is 64.7 Å². The van der Waals surface area contributed by atoms with E-state index in [1.165, 1.54) is 31.0 Å². The van der Waals surface area contributed by atoms with E-state index < -0.39 is 12.1 Å². The van der Waals surface area contributed by atoms with Crippen LogP contribution in [0, 0.1) is 5.92 Å². The van der Waals surface area contributed by atoms with E-state index in [0.717, 1.165) is 31.4 Å². The first-order chi connectivity index (χ1) is 13.5. The van der Waals surface area contributed by atoms with Gasteiger partial charge in [0.1, 0.15) is 6.04 Å². The lowest BCUT2D eigenvalue weighted by molar-refractivity contribution is -0.139.